The van der Waals surface area contributed by atoms with Crippen LogP contribution in [0.25, 0.3) is 3.58 Å². The molecule has 0 bridgehead atoms. The molecule has 3 atom stereocenters. The molecule has 0 aliphatic carbocycles. The first-order chi connectivity index (χ1) is 17.7. The Balaban J connectivity index is 1.46. The van der Waals surface area contributed by atoms with E-state index in [1.807, 2.05) is 28.7 Å². The first-order valence-corrected chi connectivity index (χ1v) is 21.7. The first kappa shape index (κ1) is 28.5. The summed E-state index contributed by atoms with van der Waals surface area (Å²) in [6.07, 6.45) is 5.80. The van der Waals surface area contributed by atoms with Crippen LogP contribution in [-0.2, 0) is 0 Å². The van der Waals surface area contributed by atoms with Crippen molar-refractivity contribution in [2.75, 3.05) is 17.5 Å². The van der Waals surface area contributed by atoms with Gasteiger partial charge >= 0.3 is 268 Å². The number of aliphatic imine (C=N–C) groups is 1. The standard InChI is InChI=1S/C27H26ClFI4N4/c1-4-20(18-9-19(30)25(29)24(28)26(18)31)32-8-6-5-7-21(32)22-10-23-33(36-22)11-15(2)27(35-23)37-13-16(3)17(12-34)14-37/h9-11,16-17,21H,1,5-8,13-14H2,2-3H3/t16-,17+,21-/m0/s1. The third-order valence-corrected chi connectivity index (χ3v) is 21.2. The quantitative estimate of drug-likeness (QED) is 0.0760. The van der Waals surface area contributed by atoms with Crippen LogP contribution in [0, 0.1) is 36.1 Å². The predicted octanol–water partition coefficient (Wildman–Crippen LogP) is 9.00. The van der Waals surface area contributed by atoms with E-state index < -0.39 is 39.9 Å². The van der Waals surface area contributed by atoms with Gasteiger partial charge in [-0.2, -0.15) is 0 Å². The van der Waals surface area contributed by atoms with Gasteiger partial charge in [0.25, 0.3) is 0 Å². The Morgan fingerprint density at radius 1 is 1.32 bits per heavy atom. The third kappa shape index (κ3) is 5.49. The molecule has 37 heavy (non-hydrogen) atoms. The zero-order valence-electron chi connectivity index (χ0n) is 20.5. The van der Waals surface area contributed by atoms with Crippen molar-refractivity contribution in [2.24, 2.45) is 20.0 Å². The summed E-state index contributed by atoms with van der Waals surface area (Å²) in [5.41, 5.74) is 6.71. The van der Waals surface area contributed by atoms with Crippen LogP contribution in [0.15, 0.2) is 46.0 Å². The van der Waals surface area contributed by atoms with Crippen molar-refractivity contribution >= 4 is 112 Å². The van der Waals surface area contributed by atoms with E-state index in [-0.39, 0.29) is 16.8 Å². The van der Waals surface area contributed by atoms with E-state index in [9.17, 15) is 9.65 Å². The molecule has 10 heteroatoms. The number of hydrogen-bond acceptors (Lipinski definition) is 4. The molecule has 0 aromatic heterocycles. The molecule has 4 nitrogen and oxygen atoms in total. The number of benzene rings is 1. The van der Waals surface area contributed by atoms with Crippen molar-refractivity contribution in [3.05, 3.63) is 61.4 Å². The first-order valence-electron chi connectivity index (χ1n) is 12.0. The van der Waals surface area contributed by atoms with Crippen LogP contribution in [0.2, 0.25) is 5.02 Å². The van der Waals surface area contributed by atoms with Gasteiger partial charge < -0.3 is 0 Å². The van der Waals surface area contributed by atoms with Gasteiger partial charge in [-0.15, -0.1) is 0 Å². The summed E-state index contributed by atoms with van der Waals surface area (Å²) in [5.74, 6) is 1.08. The van der Waals surface area contributed by atoms with E-state index in [0.29, 0.717) is 13.4 Å². The fourth-order valence-electron chi connectivity index (χ4n) is 5.05. The molecule has 1 aromatic rings. The van der Waals surface area contributed by atoms with Crippen LogP contribution < -0.4 is 0 Å². The zero-order valence-corrected chi connectivity index (χ0v) is 29.9. The molecule has 0 N–H and O–H groups in total. The Hall–Kier alpha value is -0.01000. The van der Waals surface area contributed by atoms with Crippen LogP contribution >= 0.6 is 96.7 Å². The summed E-state index contributed by atoms with van der Waals surface area (Å²) < 4.78 is 27.4. The molecule has 0 radical (unpaired) electrons. The average molecular weight is 969 g/mol. The van der Waals surface area contributed by atoms with Gasteiger partial charge in [0.2, 0.25) is 0 Å². The van der Waals surface area contributed by atoms with Crippen molar-refractivity contribution < 1.29 is 4.39 Å². The molecular weight excluding hydrogens is 942 g/mol. The Labute approximate surface area is 265 Å². The zero-order chi connectivity index (χ0) is 26.4. The molecule has 2 saturated heterocycles. The van der Waals surface area contributed by atoms with Gasteiger partial charge in [0.05, 0.1) is 0 Å². The second-order valence-corrected chi connectivity index (χ2v) is 21.9. The van der Waals surface area contributed by atoms with Crippen molar-refractivity contribution in [3.63, 3.8) is 0 Å². The van der Waals surface area contributed by atoms with Gasteiger partial charge in [-0.25, -0.2) is 0 Å². The van der Waals surface area contributed by atoms with Crippen molar-refractivity contribution in [1.29, 1.82) is 5.26 Å². The predicted molar refractivity (Wildman–Crippen MR) is 186 cm³/mol. The second-order valence-electron chi connectivity index (χ2n) is 9.50. The number of nitrogens with zero attached hydrogens (tertiary/aromatic N) is 4. The van der Waals surface area contributed by atoms with Gasteiger partial charge in [-0.3, -0.25) is 0 Å². The van der Waals surface area contributed by atoms with E-state index in [1.54, 1.807) is 0 Å². The van der Waals surface area contributed by atoms with E-state index in [4.69, 9.17) is 19.8 Å². The van der Waals surface area contributed by atoms with E-state index in [0.717, 1.165) is 38.2 Å². The molecule has 4 aliphatic rings. The van der Waals surface area contributed by atoms with Crippen LogP contribution in [-0.4, -0.2) is 37.9 Å². The number of hydrogen-bond donors (Lipinski definition) is 0. The molecular formula is C27H26ClFI4N4. The minimum atomic E-state index is -1.86. The third-order valence-electron chi connectivity index (χ3n) is 6.98. The molecule has 0 spiro atoms. The maximum absolute atomic E-state index is 14.5. The normalized spacial score (nSPS) is 27.1. The molecule has 0 unspecified atom stereocenters. The van der Waals surface area contributed by atoms with E-state index >= 15 is 0 Å². The van der Waals surface area contributed by atoms with Crippen LogP contribution in [0.5, 0.6) is 0 Å². The summed E-state index contributed by atoms with van der Waals surface area (Å²) in [6.45, 7) is 10.0. The average Bonchev–Trinajstić information content (AvgIpc) is 3.48. The number of allylic oxidation sites excluding steroid dienone is 1. The summed E-state index contributed by atoms with van der Waals surface area (Å²) in [6, 6.07) is 4.38. The van der Waals surface area contributed by atoms with Gasteiger partial charge in [0.1, 0.15) is 0 Å². The topological polar surface area (TPSA) is 51.8 Å². The van der Waals surface area contributed by atoms with Gasteiger partial charge in [-0.1, -0.05) is 0 Å². The Morgan fingerprint density at radius 2 is 2.11 bits per heavy atom. The fourth-order valence-corrected chi connectivity index (χ4v) is 19.1. The number of alkyl halides is 2. The summed E-state index contributed by atoms with van der Waals surface area (Å²) in [7, 11) is 0. The Bertz CT molecular complexity index is 1370. The van der Waals surface area contributed by atoms with E-state index in [2.05, 4.69) is 69.9 Å². The number of fused-ring (bicyclic) bond motifs is 1. The number of likely N-dealkylation sites (tertiary alicyclic amines) is 1. The van der Waals surface area contributed by atoms with Gasteiger partial charge in [-0.05, 0) is 0 Å². The minimum absolute atomic E-state index is 0.0566. The summed E-state index contributed by atoms with van der Waals surface area (Å²) in [5, 5.41) is 9.69. The molecule has 4 heterocycles. The molecule has 196 valence electrons. The Morgan fingerprint density at radius 3 is 2.81 bits per heavy atom. The SMILES string of the molecule is C=C=C(c1cc(I)c(F)c(Cl)c1I)I1CCCC[C@H]1C1=NI2C=C(C)C(N3C[C@@H](C#N)[C@@H](C)C3)=NC2=C1. The fraction of sp³-hybridized carbons (Fsp3) is 0.407. The molecule has 0 amide bonds. The summed E-state index contributed by atoms with van der Waals surface area (Å²) in [4.78, 5) is 7.44. The number of nitriles is 1. The molecule has 5 rings (SSSR count). The second kappa shape index (κ2) is 11.8. The number of rotatable bonds is 3. The van der Waals surface area contributed by atoms with Gasteiger partial charge in [0.15, 0.2) is 0 Å². The number of halogens is 6. The van der Waals surface area contributed by atoms with E-state index in [1.165, 1.54) is 32.1 Å². The molecule has 2 fully saturated rings. The molecule has 0 saturated carbocycles. The molecule has 4 aliphatic heterocycles. The maximum atomic E-state index is 14.5. The monoisotopic (exact) mass is 968 g/mol. The van der Waals surface area contributed by atoms with Crippen LogP contribution in [0.1, 0.15) is 38.7 Å². The van der Waals surface area contributed by atoms with Crippen molar-refractivity contribution in [1.82, 2.24) is 4.90 Å². The van der Waals surface area contributed by atoms with Crippen LogP contribution in [0.3, 0.4) is 0 Å². The summed E-state index contributed by atoms with van der Waals surface area (Å²) >= 11 is 6.92. The molecule has 1 aromatic carbocycles. The van der Waals surface area contributed by atoms with Crippen molar-refractivity contribution in [2.45, 2.75) is 37.0 Å². The van der Waals surface area contributed by atoms with Crippen LogP contribution in [0.4, 0.5) is 4.39 Å². The van der Waals surface area contributed by atoms with Crippen molar-refractivity contribution in [3.8, 4) is 6.07 Å². The number of amidine groups is 1. The Kier molecular flexibility index (Phi) is 9.13. The van der Waals surface area contributed by atoms with Gasteiger partial charge in [0, 0.05) is 0 Å².